The molecule has 5 unspecified atom stereocenters. The maximum Gasteiger partial charge on any atom is 0.334 e. The number of hydroxylamine groups is 2. The van der Waals surface area contributed by atoms with Gasteiger partial charge in [0.1, 0.15) is 6.10 Å². The van der Waals surface area contributed by atoms with Gasteiger partial charge in [0.15, 0.2) is 6.23 Å². The van der Waals surface area contributed by atoms with E-state index in [-0.39, 0.29) is 49.1 Å². The number of rotatable bonds is 21. The first kappa shape index (κ1) is 31.8. The Morgan fingerprint density at radius 2 is 1.63 bits per heavy atom. The van der Waals surface area contributed by atoms with E-state index in [2.05, 4.69) is 16.0 Å². The van der Waals surface area contributed by atoms with Gasteiger partial charge in [0.25, 0.3) is 5.91 Å². The summed E-state index contributed by atoms with van der Waals surface area (Å²) in [6, 6.07) is 0.388. The van der Waals surface area contributed by atoms with Crippen molar-refractivity contribution < 1.29 is 47.7 Å². The third-order valence-electron chi connectivity index (χ3n) is 7.09. The van der Waals surface area contributed by atoms with Crippen LogP contribution in [0, 0.1) is 0 Å². The lowest BCUT2D eigenvalue weighted by Crippen LogP contribution is -2.40. The zero-order valence-corrected chi connectivity index (χ0v) is 24.2. The summed E-state index contributed by atoms with van der Waals surface area (Å²) >= 11 is 1.89. The number of epoxide rings is 1. The molecule has 4 fully saturated rings. The molecule has 4 rings (SSSR count). The zero-order valence-electron chi connectivity index (χ0n) is 23.3. The van der Waals surface area contributed by atoms with E-state index in [1.165, 1.54) is 0 Å². The number of piperidine rings is 1. The summed E-state index contributed by atoms with van der Waals surface area (Å²) in [5, 5.41) is 10.3. The van der Waals surface area contributed by atoms with Crippen molar-refractivity contribution in [2.24, 2.45) is 0 Å². The Morgan fingerprint density at radius 3 is 2.39 bits per heavy atom. The van der Waals surface area contributed by atoms with Crippen molar-refractivity contribution in [3.05, 3.63) is 0 Å². The molecule has 0 spiro atoms. The van der Waals surface area contributed by atoms with Crippen LogP contribution in [0.2, 0.25) is 0 Å². The number of carbonyl (C=O) groups excluding carboxylic acids is 4. The van der Waals surface area contributed by atoms with Gasteiger partial charge in [-0.15, -0.1) is 5.06 Å². The summed E-state index contributed by atoms with van der Waals surface area (Å²) in [6.45, 7) is 3.45. The minimum Gasteiger partial charge on any atom is -0.378 e. The smallest absolute Gasteiger partial charge is 0.334 e. The van der Waals surface area contributed by atoms with E-state index in [0.29, 0.717) is 77.3 Å². The second-order valence-corrected chi connectivity index (χ2v) is 11.5. The summed E-state index contributed by atoms with van der Waals surface area (Å²) in [5.41, 5.74) is 0. The van der Waals surface area contributed by atoms with Crippen LogP contribution in [0.1, 0.15) is 44.9 Å². The fourth-order valence-electron chi connectivity index (χ4n) is 4.87. The lowest BCUT2D eigenvalue weighted by molar-refractivity contribution is -0.208. The highest BCUT2D eigenvalue weighted by Crippen LogP contribution is 2.35. The Balaban J connectivity index is 0.841. The van der Waals surface area contributed by atoms with Gasteiger partial charge in [-0.3, -0.25) is 9.59 Å². The number of nitrogens with zero attached hydrogens (tertiary/aromatic N) is 1. The highest BCUT2D eigenvalue weighted by atomic mass is 32.2. The van der Waals surface area contributed by atoms with Crippen molar-refractivity contribution >= 4 is 35.6 Å². The molecular weight excluding hydrogens is 560 g/mol. The van der Waals surface area contributed by atoms with Crippen LogP contribution in [0.15, 0.2) is 0 Å². The van der Waals surface area contributed by atoms with Crippen LogP contribution in [0.5, 0.6) is 0 Å². The molecule has 3 N–H and O–H groups in total. The molecule has 15 heteroatoms. The fourth-order valence-corrected chi connectivity index (χ4v) is 6.41. The van der Waals surface area contributed by atoms with Crippen molar-refractivity contribution in [2.45, 2.75) is 74.6 Å². The molecule has 4 saturated heterocycles. The minimum absolute atomic E-state index is 0.00989. The molecule has 0 bridgehead atoms. The summed E-state index contributed by atoms with van der Waals surface area (Å²) in [7, 11) is 0. The van der Waals surface area contributed by atoms with Gasteiger partial charge in [-0.2, -0.15) is 11.8 Å². The highest BCUT2D eigenvalue weighted by molar-refractivity contribution is 8.00. The minimum atomic E-state index is -0.531. The first-order valence-corrected chi connectivity index (χ1v) is 15.5. The van der Waals surface area contributed by atoms with Crippen molar-refractivity contribution in [3.8, 4) is 0 Å². The third kappa shape index (κ3) is 10.9. The average molecular weight is 603 g/mol. The molecule has 5 atom stereocenters. The second-order valence-electron chi connectivity index (χ2n) is 10.2. The normalized spacial score (nSPS) is 26.2. The Bertz CT molecular complexity index is 883. The Labute approximate surface area is 244 Å². The molecule has 0 aromatic heterocycles. The predicted octanol–water partition coefficient (Wildman–Crippen LogP) is 0.0904. The number of amides is 4. The van der Waals surface area contributed by atoms with Crippen LogP contribution in [0.3, 0.4) is 0 Å². The SMILES string of the molecule is O=C(CCCCC1SCC2NC(=O)NC21)NCCOCCOCCOCCOCCC(=O)ON1C(=O)CCC2OC21. The molecule has 4 heterocycles. The summed E-state index contributed by atoms with van der Waals surface area (Å²) < 4.78 is 27.0. The standard InChI is InChI=1S/C26H42N4O10S/c31-21(4-2-1-3-20-24-18(17-41-20)28-26(34)29-24)27-8-10-36-12-14-38-16-15-37-13-11-35-9-7-23(33)40-30-22(32)6-5-19-25(30)39-19/h18-20,24-25H,1-17H2,(H,27,31)(H2,28,29,34). The van der Waals surface area contributed by atoms with Crippen molar-refractivity contribution in [2.75, 3.05) is 65.2 Å². The van der Waals surface area contributed by atoms with Gasteiger partial charge >= 0.3 is 12.0 Å². The quantitative estimate of drug-likeness (QED) is 0.0926. The zero-order chi connectivity index (χ0) is 28.9. The molecule has 0 aromatic rings. The molecule has 232 valence electrons. The molecule has 0 aromatic carbocycles. The molecule has 41 heavy (non-hydrogen) atoms. The Morgan fingerprint density at radius 1 is 0.927 bits per heavy atom. The predicted molar refractivity (Wildman–Crippen MR) is 146 cm³/mol. The number of unbranched alkanes of at least 4 members (excludes halogenated alkanes) is 1. The van der Waals surface area contributed by atoms with Gasteiger partial charge in [-0.05, 0) is 19.3 Å². The van der Waals surface area contributed by atoms with E-state index >= 15 is 0 Å². The van der Waals surface area contributed by atoms with Gasteiger partial charge in [0.05, 0.1) is 71.4 Å². The van der Waals surface area contributed by atoms with E-state index in [4.69, 9.17) is 28.5 Å². The van der Waals surface area contributed by atoms with Crippen molar-refractivity contribution in [1.29, 1.82) is 0 Å². The van der Waals surface area contributed by atoms with Crippen molar-refractivity contribution in [1.82, 2.24) is 21.0 Å². The molecule has 4 amide bonds. The van der Waals surface area contributed by atoms with E-state index in [0.717, 1.165) is 30.1 Å². The Hall–Kier alpha value is -2.17. The van der Waals surface area contributed by atoms with Crippen LogP contribution in [-0.2, 0) is 42.9 Å². The number of hydrogen-bond donors (Lipinski definition) is 3. The number of thioether (sulfide) groups is 1. The summed E-state index contributed by atoms with van der Waals surface area (Å²) in [5.74, 6) is 0.212. The van der Waals surface area contributed by atoms with Crippen molar-refractivity contribution in [3.63, 3.8) is 0 Å². The van der Waals surface area contributed by atoms with Gasteiger partial charge in [0, 0.05) is 30.4 Å². The number of nitrogens with one attached hydrogen (secondary N) is 3. The monoisotopic (exact) mass is 602 g/mol. The largest absolute Gasteiger partial charge is 0.378 e. The topological polar surface area (TPSA) is 166 Å². The van der Waals surface area contributed by atoms with Crippen LogP contribution in [0.4, 0.5) is 4.79 Å². The van der Waals surface area contributed by atoms with E-state index in [9.17, 15) is 19.2 Å². The van der Waals surface area contributed by atoms with Crippen LogP contribution in [0.25, 0.3) is 0 Å². The second kappa shape index (κ2) is 17.1. The van der Waals surface area contributed by atoms with Gasteiger partial charge in [0.2, 0.25) is 5.91 Å². The van der Waals surface area contributed by atoms with E-state index in [1.54, 1.807) is 0 Å². The number of ether oxygens (including phenoxy) is 5. The molecule has 4 aliphatic heterocycles. The van der Waals surface area contributed by atoms with E-state index < -0.39 is 12.2 Å². The number of hydrogen-bond acceptors (Lipinski definition) is 11. The van der Waals surface area contributed by atoms with Gasteiger partial charge < -0.3 is 44.5 Å². The fraction of sp³-hybridized carbons (Fsp3) is 0.846. The van der Waals surface area contributed by atoms with Crippen LogP contribution < -0.4 is 16.0 Å². The van der Waals surface area contributed by atoms with Crippen LogP contribution >= 0.6 is 11.8 Å². The number of fused-ring (bicyclic) bond motifs is 2. The van der Waals surface area contributed by atoms with Crippen LogP contribution in [-0.4, -0.2) is 124 Å². The molecule has 0 aliphatic carbocycles. The van der Waals surface area contributed by atoms with Gasteiger partial charge in [-0.1, -0.05) is 6.42 Å². The molecule has 4 aliphatic rings. The lowest BCUT2D eigenvalue weighted by Gasteiger charge is -2.21. The highest BCUT2D eigenvalue weighted by Gasteiger charge is 2.51. The van der Waals surface area contributed by atoms with E-state index in [1.807, 2.05) is 11.8 Å². The maximum atomic E-state index is 12.0. The number of carbonyl (C=O) groups is 4. The molecule has 14 nitrogen and oxygen atoms in total. The Kier molecular flexibility index (Phi) is 13.2. The average Bonchev–Trinajstić information content (AvgIpc) is 3.53. The first-order valence-electron chi connectivity index (χ1n) is 14.5. The summed E-state index contributed by atoms with van der Waals surface area (Å²) in [6.07, 6.45) is 3.89. The molecule has 0 radical (unpaired) electrons. The first-order chi connectivity index (χ1) is 20.0. The summed E-state index contributed by atoms with van der Waals surface area (Å²) in [4.78, 5) is 52.1. The van der Waals surface area contributed by atoms with Gasteiger partial charge in [-0.25, -0.2) is 9.59 Å². The lowest BCUT2D eigenvalue weighted by atomic mass is 10.0. The molecule has 0 saturated carbocycles. The maximum absolute atomic E-state index is 12.0. The molecular formula is C26H42N4O10S. The number of urea groups is 1. The third-order valence-corrected chi connectivity index (χ3v) is 8.60.